The van der Waals surface area contributed by atoms with Crippen molar-refractivity contribution in [1.29, 1.82) is 0 Å². The van der Waals surface area contributed by atoms with E-state index in [2.05, 4.69) is 23.2 Å². The number of esters is 1. The highest BCUT2D eigenvalue weighted by atomic mass is 32.2. The fraction of sp³-hybridized carbons (Fsp3) is 0.227. The Kier molecular flexibility index (Phi) is 12.9. The quantitative estimate of drug-likeness (QED) is 0.196. The van der Waals surface area contributed by atoms with Crippen molar-refractivity contribution in [3.63, 3.8) is 0 Å². The van der Waals surface area contributed by atoms with E-state index in [0.29, 0.717) is 0 Å². The van der Waals surface area contributed by atoms with Gasteiger partial charge in [-0.2, -0.15) is 8.42 Å². The molecule has 0 radical (unpaired) electrons. The van der Waals surface area contributed by atoms with E-state index in [9.17, 15) is 22.8 Å². The summed E-state index contributed by atoms with van der Waals surface area (Å²) in [6.07, 6.45) is 7.91. The molecule has 0 bridgehead atoms. The lowest BCUT2D eigenvalue weighted by Gasteiger charge is -2.27. The van der Waals surface area contributed by atoms with Crippen LogP contribution in [0, 0.1) is 0 Å². The maximum atomic E-state index is 11.4. The van der Waals surface area contributed by atoms with Crippen molar-refractivity contribution in [1.82, 2.24) is 5.32 Å². The molecule has 1 unspecified atom stereocenters. The molecule has 0 fully saturated rings. The summed E-state index contributed by atoms with van der Waals surface area (Å²) < 4.78 is 35.5. The molecule has 0 aliphatic carbocycles. The van der Waals surface area contributed by atoms with Gasteiger partial charge in [0.05, 0.1) is 24.0 Å². The molecule has 0 aliphatic heterocycles. The van der Waals surface area contributed by atoms with Crippen LogP contribution in [0.15, 0.2) is 74.1 Å². The summed E-state index contributed by atoms with van der Waals surface area (Å²) >= 11 is 0. The predicted molar refractivity (Wildman–Crippen MR) is 121 cm³/mol. The molecule has 3 N–H and O–H groups in total. The number of carbonyl (C=O) groups excluding carboxylic acids is 2. The Bertz CT molecular complexity index is 951. The van der Waals surface area contributed by atoms with Gasteiger partial charge < -0.3 is 15.2 Å². The third-order valence-corrected chi connectivity index (χ3v) is 4.55. The van der Waals surface area contributed by atoms with E-state index in [1.165, 1.54) is 6.08 Å². The minimum absolute atomic E-state index is 0.0572. The van der Waals surface area contributed by atoms with Crippen molar-refractivity contribution in [2.24, 2.45) is 0 Å². The average Bonchev–Trinajstić information content (AvgIpc) is 2.67. The van der Waals surface area contributed by atoms with E-state index in [1.54, 1.807) is 13.0 Å². The Morgan fingerprint density at radius 2 is 1.78 bits per heavy atom. The Balaban J connectivity index is 0.000000739. The zero-order chi connectivity index (χ0) is 24.6. The SMILES string of the molecule is C=CC(=O)NC(C)(CC=Cc1ccccc1)CS(=O)(=O)O.C=COC(=O)CC=CC(=O)O. The summed E-state index contributed by atoms with van der Waals surface area (Å²) in [5, 5.41) is 10.6. The molecular weight excluding hydrogens is 438 g/mol. The number of ether oxygens (including phenoxy) is 1. The van der Waals surface area contributed by atoms with E-state index in [0.717, 1.165) is 24.0 Å². The smallest absolute Gasteiger partial charge is 0.327 e. The van der Waals surface area contributed by atoms with Gasteiger partial charge >= 0.3 is 11.9 Å². The molecule has 0 heterocycles. The van der Waals surface area contributed by atoms with Crippen LogP contribution in [-0.4, -0.2) is 47.2 Å². The fourth-order valence-electron chi connectivity index (χ4n) is 2.31. The van der Waals surface area contributed by atoms with E-state index in [1.807, 2.05) is 36.4 Å². The molecule has 1 amide bonds. The maximum Gasteiger partial charge on any atom is 0.327 e. The van der Waals surface area contributed by atoms with E-state index in [4.69, 9.17) is 9.66 Å². The lowest BCUT2D eigenvalue weighted by molar-refractivity contribution is -0.137. The molecule has 0 saturated carbocycles. The van der Waals surface area contributed by atoms with Crippen LogP contribution in [-0.2, 0) is 29.2 Å². The second-order valence-corrected chi connectivity index (χ2v) is 8.05. The number of carboxylic acid groups (broad SMARTS) is 1. The number of rotatable bonds is 11. The predicted octanol–water partition coefficient (Wildman–Crippen LogP) is 2.74. The third kappa shape index (κ3) is 15.4. The van der Waals surface area contributed by atoms with Gasteiger partial charge in [-0.1, -0.05) is 61.7 Å². The highest BCUT2D eigenvalue weighted by molar-refractivity contribution is 7.85. The van der Waals surface area contributed by atoms with E-state index in [-0.39, 0.29) is 12.8 Å². The minimum Gasteiger partial charge on any atom is -0.478 e. The zero-order valence-electron chi connectivity index (χ0n) is 17.6. The topological polar surface area (TPSA) is 147 Å². The number of aliphatic carboxylic acids is 1. The van der Waals surface area contributed by atoms with E-state index < -0.39 is 39.3 Å². The van der Waals surface area contributed by atoms with Crippen LogP contribution in [0.5, 0.6) is 0 Å². The summed E-state index contributed by atoms with van der Waals surface area (Å²) in [4.78, 5) is 31.8. The first kappa shape index (κ1) is 28.5. The normalized spacial score (nSPS) is 12.8. The van der Waals surface area contributed by atoms with Crippen molar-refractivity contribution < 1.29 is 37.2 Å². The summed E-state index contributed by atoms with van der Waals surface area (Å²) in [5.41, 5.74) is -0.147. The van der Waals surface area contributed by atoms with Gasteiger partial charge in [-0.3, -0.25) is 14.1 Å². The Morgan fingerprint density at radius 1 is 1.16 bits per heavy atom. The van der Waals surface area contributed by atoms with Crippen molar-refractivity contribution in [2.75, 3.05) is 5.75 Å². The first-order valence-corrected chi connectivity index (χ1v) is 10.8. The largest absolute Gasteiger partial charge is 0.478 e. The monoisotopic (exact) mass is 465 g/mol. The lowest BCUT2D eigenvalue weighted by atomic mass is 9.99. The van der Waals surface area contributed by atoms with Crippen LogP contribution in [0.2, 0.25) is 0 Å². The maximum absolute atomic E-state index is 11.4. The van der Waals surface area contributed by atoms with Gasteiger partial charge in [-0.15, -0.1) is 0 Å². The number of carbonyl (C=O) groups is 3. The van der Waals surface area contributed by atoms with Gasteiger partial charge in [-0.25, -0.2) is 4.79 Å². The summed E-state index contributed by atoms with van der Waals surface area (Å²) in [5.74, 6) is -2.68. The number of amides is 1. The van der Waals surface area contributed by atoms with Gasteiger partial charge in [0, 0.05) is 6.08 Å². The first-order chi connectivity index (χ1) is 14.9. The van der Waals surface area contributed by atoms with Gasteiger partial charge in [0.15, 0.2) is 0 Å². The molecule has 0 aliphatic rings. The highest BCUT2D eigenvalue weighted by Gasteiger charge is 2.30. The fourth-order valence-corrected chi connectivity index (χ4v) is 3.31. The highest BCUT2D eigenvalue weighted by Crippen LogP contribution is 2.15. The summed E-state index contributed by atoms with van der Waals surface area (Å²) in [7, 11) is -4.21. The zero-order valence-corrected chi connectivity index (χ0v) is 18.5. The van der Waals surface area contributed by atoms with Crippen LogP contribution < -0.4 is 5.32 Å². The average molecular weight is 466 g/mol. The number of hydrogen-bond donors (Lipinski definition) is 3. The van der Waals surface area contributed by atoms with Crippen molar-refractivity contribution in [2.45, 2.75) is 25.3 Å². The molecule has 1 rings (SSSR count). The Hall–Kier alpha value is -3.50. The van der Waals surface area contributed by atoms with Crippen LogP contribution in [0.4, 0.5) is 0 Å². The van der Waals surface area contributed by atoms with E-state index >= 15 is 0 Å². The van der Waals surface area contributed by atoms with Crippen LogP contribution >= 0.6 is 0 Å². The number of nitrogens with one attached hydrogen (secondary N) is 1. The molecule has 0 spiro atoms. The van der Waals surface area contributed by atoms with Crippen molar-refractivity contribution >= 4 is 34.0 Å². The van der Waals surface area contributed by atoms with Crippen LogP contribution in [0.1, 0.15) is 25.3 Å². The summed E-state index contributed by atoms with van der Waals surface area (Å²) in [6.45, 7) is 8.04. The lowest BCUT2D eigenvalue weighted by Crippen LogP contribution is -2.49. The Labute approximate surface area is 187 Å². The van der Waals surface area contributed by atoms with Crippen molar-refractivity contribution in [3.8, 4) is 0 Å². The minimum atomic E-state index is -4.21. The molecule has 1 aromatic carbocycles. The first-order valence-electron chi connectivity index (χ1n) is 9.22. The number of benzene rings is 1. The van der Waals surface area contributed by atoms with Crippen LogP contribution in [0.3, 0.4) is 0 Å². The molecule has 0 saturated heterocycles. The number of hydrogen-bond acceptors (Lipinski definition) is 6. The molecule has 32 heavy (non-hydrogen) atoms. The molecule has 1 atom stereocenters. The van der Waals surface area contributed by atoms with Crippen LogP contribution in [0.25, 0.3) is 6.08 Å². The molecule has 174 valence electrons. The third-order valence-electron chi connectivity index (χ3n) is 3.55. The second kappa shape index (κ2) is 14.5. The van der Waals surface area contributed by atoms with Gasteiger partial charge in [0.25, 0.3) is 10.1 Å². The molecule has 0 aromatic heterocycles. The van der Waals surface area contributed by atoms with Gasteiger partial charge in [0.2, 0.25) is 5.91 Å². The standard InChI is InChI=1S/C15H19NO4S.C7H8O4/c1-3-14(17)16-15(2,12-21(18,19)20)11-7-10-13-8-5-4-6-9-13;1-2-11-7(10)5-3-4-6(8)9/h3-10H,1,11-12H2,2H3,(H,16,17)(H,18,19,20);2-4H,1,5H2,(H,8,9). The number of carboxylic acids is 1. The van der Waals surface area contributed by atoms with Gasteiger partial charge in [0.1, 0.15) is 0 Å². The molecule has 9 nitrogen and oxygen atoms in total. The molecule has 1 aromatic rings. The molecule has 10 heteroatoms. The Morgan fingerprint density at radius 3 is 2.28 bits per heavy atom. The van der Waals surface area contributed by atoms with Crippen molar-refractivity contribution in [3.05, 3.63) is 79.6 Å². The second-order valence-electron chi connectivity index (χ2n) is 6.60. The van der Waals surface area contributed by atoms with Gasteiger partial charge in [-0.05, 0) is 25.0 Å². The molecular formula is C22H27NO8S. The summed E-state index contributed by atoms with van der Waals surface area (Å²) in [6, 6.07) is 9.47.